The van der Waals surface area contributed by atoms with Gasteiger partial charge in [-0.05, 0) is 50.0 Å². The third-order valence-electron chi connectivity index (χ3n) is 8.89. The minimum atomic E-state index is -0.979. The van der Waals surface area contributed by atoms with Crippen molar-refractivity contribution in [2.24, 2.45) is 23.2 Å². The second-order valence-electron chi connectivity index (χ2n) is 13.4. The molecule has 0 radical (unpaired) electrons. The zero-order chi connectivity index (χ0) is 28.9. The molecule has 2 bridgehead atoms. The van der Waals surface area contributed by atoms with E-state index >= 15 is 0 Å². The van der Waals surface area contributed by atoms with Gasteiger partial charge < -0.3 is 20.0 Å². The fraction of sp³-hybridized carbons (Fsp3) is 0.645. The highest BCUT2D eigenvalue weighted by Crippen LogP contribution is 2.69. The molecule has 39 heavy (non-hydrogen) atoms. The molecule has 3 heterocycles. The third-order valence-corrected chi connectivity index (χ3v) is 11.0. The lowest BCUT2D eigenvalue weighted by Gasteiger charge is -2.47. The Bertz CT molecular complexity index is 1120. The first-order valence-electron chi connectivity index (χ1n) is 14.0. The molecular formula is C31H44N2O5S. The van der Waals surface area contributed by atoms with Crippen LogP contribution in [0.4, 0.5) is 0 Å². The van der Waals surface area contributed by atoms with Crippen LogP contribution in [0.1, 0.15) is 59.9 Å². The number of carbonyl (C=O) groups is 3. The molecule has 0 aliphatic carbocycles. The number of amides is 2. The molecule has 2 N–H and O–H groups in total. The van der Waals surface area contributed by atoms with Crippen LogP contribution in [0, 0.1) is 23.2 Å². The number of nitrogens with zero attached hydrogens (tertiary/aromatic N) is 2. The van der Waals surface area contributed by atoms with Crippen molar-refractivity contribution in [3.8, 4) is 0 Å². The Balaban J connectivity index is 1.85. The summed E-state index contributed by atoms with van der Waals surface area (Å²) >= 11 is 1.53. The standard InChI is InChI=1S/C31H44N2O5S/c1-8-14-32(30(6,7)18-29(3,4)5)27(36)25-31-19(2)15-22(39-31)23(28(37)38)24(31)26(35)33(25)21(17-34)16-20-12-10-9-11-13-20/h8-13,19,21-25,34H,1,14-18H2,2-7H3,(H,37,38)/t19?,21-,22+,23-,24+,25?,31?/m1/s1. The summed E-state index contributed by atoms with van der Waals surface area (Å²) in [6, 6.07) is 8.10. The van der Waals surface area contributed by atoms with Crippen LogP contribution in [0.15, 0.2) is 43.0 Å². The van der Waals surface area contributed by atoms with Gasteiger partial charge in [-0.1, -0.05) is 64.1 Å². The number of hydrogen-bond acceptors (Lipinski definition) is 5. The van der Waals surface area contributed by atoms with E-state index in [-0.39, 0.29) is 35.0 Å². The quantitative estimate of drug-likeness (QED) is 0.419. The van der Waals surface area contributed by atoms with Crippen molar-refractivity contribution in [3.63, 3.8) is 0 Å². The zero-order valence-corrected chi connectivity index (χ0v) is 24.9. The molecule has 1 aromatic rings. The fourth-order valence-corrected chi connectivity index (χ4v) is 10.3. The molecule has 214 valence electrons. The molecule has 7 atom stereocenters. The topological polar surface area (TPSA) is 98.2 Å². The predicted octanol–water partition coefficient (Wildman–Crippen LogP) is 4.24. The van der Waals surface area contributed by atoms with Crippen molar-refractivity contribution in [2.45, 2.75) is 88.4 Å². The number of rotatable bonds is 10. The van der Waals surface area contributed by atoms with Crippen LogP contribution in [0.25, 0.3) is 0 Å². The van der Waals surface area contributed by atoms with Crippen molar-refractivity contribution in [1.29, 1.82) is 0 Å². The van der Waals surface area contributed by atoms with Crippen molar-refractivity contribution in [1.82, 2.24) is 9.80 Å². The van der Waals surface area contributed by atoms with Gasteiger partial charge >= 0.3 is 5.97 Å². The Labute approximate surface area is 237 Å². The number of fused-ring (bicyclic) bond motifs is 1. The average molecular weight is 557 g/mol. The SMILES string of the molecule is C=CCN(C(=O)C1N([C@@H](CO)Cc2ccccc2)C(=O)[C@@H]2[C@H](C(=O)O)[C@@H]3CC(C)C12S3)C(C)(C)CC(C)(C)C. The second-order valence-corrected chi connectivity index (χ2v) is 15.0. The largest absolute Gasteiger partial charge is 0.481 e. The van der Waals surface area contributed by atoms with Crippen LogP contribution in [-0.4, -0.2) is 78.6 Å². The number of aliphatic hydroxyl groups excluding tert-OH is 1. The summed E-state index contributed by atoms with van der Waals surface area (Å²) in [7, 11) is 0. The van der Waals surface area contributed by atoms with Crippen LogP contribution in [0.5, 0.6) is 0 Å². The number of thioether (sulfide) groups is 1. The van der Waals surface area contributed by atoms with Gasteiger partial charge in [0, 0.05) is 17.3 Å². The number of carboxylic acid groups (broad SMARTS) is 1. The molecular weight excluding hydrogens is 512 g/mol. The first-order valence-corrected chi connectivity index (χ1v) is 14.9. The molecule has 3 saturated heterocycles. The van der Waals surface area contributed by atoms with E-state index in [9.17, 15) is 24.6 Å². The summed E-state index contributed by atoms with van der Waals surface area (Å²) in [5.41, 5.74) is 0.344. The van der Waals surface area contributed by atoms with Gasteiger partial charge in [-0.2, -0.15) is 0 Å². The van der Waals surface area contributed by atoms with Gasteiger partial charge in [0.15, 0.2) is 0 Å². The van der Waals surface area contributed by atoms with Crippen LogP contribution in [0.2, 0.25) is 0 Å². The molecule has 3 fully saturated rings. The van der Waals surface area contributed by atoms with Gasteiger partial charge in [-0.3, -0.25) is 14.4 Å². The van der Waals surface area contributed by atoms with E-state index in [1.165, 1.54) is 11.8 Å². The lowest BCUT2D eigenvalue weighted by atomic mass is 9.66. The third kappa shape index (κ3) is 5.03. The maximum absolute atomic E-state index is 14.9. The molecule has 2 amide bonds. The molecule has 1 aromatic carbocycles. The molecule has 0 aromatic heterocycles. The maximum atomic E-state index is 14.9. The Morgan fingerprint density at radius 2 is 1.87 bits per heavy atom. The van der Waals surface area contributed by atoms with E-state index in [1.54, 1.807) is 11.0 Å². The fourth-order valence-electron chi connectivity index (χ4n) is 7.86. The number of benzene rings is 1. The van der Waals surface area contributed by atoms with E-state index in [4.69, 9.17) is 0 Å². The lowest BCUT2D eigenvalue weighted by Crippen LogP contribution is -2.63. The van der Waals surface area contributed by atoms with Gasteiger partial charge in [0.05, 0.1) is 29.2 Å². The molecule has 3 aliphatic rings. The van der Waals surface area contributed by atoms with Gasteiger partial charge in [0.25, 0.3) is 0 Å². The Morgan fingerprint density at radius 3 is 2.41 bits per heavy atom. The number of carbonyl (C=O) groups excluding carboxylic acids is 2. The molecule has 3 aliphatic heterocycles. The Morgan fingerprint density at radius 1 is 1.23 bits per heavy atom. The van der Waals surface area contributed by atoms with Crippen molar-refractivity contribution in [2.75, 3.05) is 13.2 Å². The molecule has 7 nitrogen and oxygen atoms in total. The Hall–Kier alpha value is -2.32. The molecule has 1 spiro atoms. The molecule has 4 rings (SSSR count). The summed E-state index contributed by atoms with van der Waals surface area (Å²) in [5, 5.41) is 20.7. The highest BCUT2D eigenvalue weighted by Gasteiger charge is 2.77. The van der Waals surface area contributed by atoms with Gasteiger partial charge in [-0.15, -0.1) is 18.3 Å². The minimum Gasteiger partial charge on any atom is -0.481 e. The number of likely N-dealkylation sites (tertiary alicyclic amines) is 1. The van der Waals surface area contributed by atoms with Gasteiger partial charge in [0.2, 0.25) is 11.8 Å². The molecule has 8 heteroatoms. The average Bonchev–Trinajstić information content (AvgIpc) is 3.43. The Kier molecular flexibility index (Phi) is 8.05. The second kappa shape index (κ2) is 10.6. The van der Waals surface area contributed by atoms with Crippen LogP contribution >= 0.6 is 11.8 Å². The van der Waals surface area contributed by atoms with Gasteiger partial charge in [0.1, 0.15) is 6.04 Å². The summed E-state index contributed by atoms with van der Waals surface area (Å²) in [4.78, 5) is 45.2. The zero-order valence-electron chi connectivity index (χ0n) is 24.1. The van der Waals surface area contributed by atoms with E-state index in [0.717, 1.165) is 12.0 Å². The first-order chi connectivity index (χ1) is 18.2. The van der Waals surface area contributed by atoms with Crippen LogP contribution < -0.4 is 0 Å². The monoisotopic (exact) mass is 556 g/mol. The van der Waals surface area contributed by atoms with Crippen LogP contribution in [0.3, 0.4) is 0 Å². The first kappa shape index (κ1) is 29.7. The summed E-state index contributed by atoms with van der Waals surface area (Å²) in [5.74, 6) is -3.15. The van der Waals surface area contributed by atoms with E-state index in [2.05, 4.69) is 34.3 Å². The molecule has 3 unspecified atom stereocenters. The van der Waals surface area contributed by atoms with Crippen molar-refractivity contribution >= 4 is 29.5 Å². The van der Waals surface area contributed by atoms with E-state index in [1.807, 2.05) is 49.1 Å². The summed E-state index contributed by atoms with van der Waals surface area (Å²) in [6.07, 6.45) is 3.48. The van der Waals surface area contributed by atoms with Crippen LogP contribution in [-0.2, 0) is 20.8 Å². The van der Waals surface area contributed by atoms with E-state index in [0.29, 0.717) is 19.4 Å². The molecule has 0 saturated carbocycles. The van der Waals surface area contributed by atoms with E-state index < -0.39 is 40.2 Å². The maximum Gasteiger partial charge on any atom is 0.308 e. The number of aliphatic carboxylic acids is 1. The number of hydrogen-bond donors (Lipinski definition) is 2. The predicted molar refractivity (Wildman–Crippen MR) is 154 cm³/mol. The summed E-state index contributed by atoms with van der Waals surface area (Å²) < 4.78 is -0.858. The smallest absolute Gasteiger partial charge is 0.308 e. The highest BCUT2D eigenvalue weighted by atomic mass is 32.2. The number of aliphatic hydroxyl groups is 1. The van der Waals surface area contributed by atoms with Gasteiger partial charge in [-0.25, -0.2) is 0 Å². The normalized spacial score (nSPS) is 30.8. The highest BCUT2D eigenvalue weighted by molar-refractivity contribution is 8.02. The summed E-state index contributed by atoms with van der Waals surface area (Å²) in [6.45, 7) is 16.5. The lowest BCUT2D eigenvalue weighted by molar-refractivity contribution is -0.150. The number of carboxylic acids is 1. The van der Waals surface area contributed by atoms with Crippen molar-refractivity contribution < 1.29 is 24.6 Å². The van der Waals surface area contributed by atoms with Crippen molar-refractivity contribution in [3.05, 3.63) is 48.6 Å². The minimum absolute atomic E-state index is 0.0247.